The maximum absolute atomic E-state index is 12.3. The van der Waals surface area contributed by atoms with Crippen molar-refractivity contribution in [3.63, 3.8) is 0 Å². The van der Waals surface area contributed by atoms with Crippen LogP contribution in [0.4, 0.5) is 5.82 Å². The molecule has 1 atom stereocenters. The molecule has 8 nitrogen and oxygen atoms in total. The highest BCUT2D eigenvalue weighted by atomic mass is 16.1. The van der Waals surface area contributed by atoms with E-state index in [1.54, 1.807) is 24.7 Å². The van der Waals surface area contributed by atoms with E-state index >= 15 is 0 Å². The van der Waals surface area contributed by atoms with Gasteiger partial charge >= 0.3 is 0 Å². The molecule has 4 rings (SSSR count). The molecule has 0 N–H and O–H groups in total. The van der Waals surface area contributed by atoms with Gasteiger partial charge < -0.3 is 4.90 Å². The van der Waals surface area contributed by atoms with Crippen LogP contribution < -0.4 is 10.5 Å². The molecule has 27 heavy (non-hydrogen) atoms. The van der Waals surface area contributed by atoms with E-state index < -0.39 is 0 Å². The van der Waals surface area contributed by atoms with E-state index in [-0.39, 0.29) is 11.6 Å². The van der Waals surface area contributed by atoms with Crippen LogP contribution in [0.5, 0.6) is 0 Å². The van der Waals surface area contributed by atoms with Crippen LogP contribution >= 0.6 is 0 Å². The first-order valence-corrected chi connectivity index (χ1v) is 8.72. The molecule has 1 saturated heterocycles. The van der Waals surface area contributed by atoms with E-state index in [2.05, 4.69) is 31.0 Å². The fourth-order valence-corrected chi connectivity index (χ4v) is 3.37. The van der Waals surface area contributed by atoms with E-state index in [0.717, 1.165) is 24.9 Å². The predicted molar refractivity (Wildman–Crippen MR) is 98.8 cm³/mol. The van der Waals surface area contributed by atoms with Crippen molar-refractivity contribution in [2.75, 3.05) is 11.4 Å². The fraction of sp³-hybridized carbons (Fsp3) is 0.263. The Morgan fingerprint density at radius 1 is 1.19 bits per heavy atom. The molecule has 1 unspecified atom stereocenters. The van der Waals surface area contributed by atoms with Gasteiger partial charge in [-0.3, -0.25) is 9.78 Å². The van der Waals surface area contributed by atoms with Crippen LogP contribution in [0, 0.1) is 11.3 Å². The summed E-state index contributed by atoms with van der Waals surface area (Å²) in [6, 6.07) is 9.10. The summed E-state index contributed by atoms with van der Waals surface area (Å²) in [6.07, 6.45) is 8.37. The van der Waals surface area contributed by atoms with Gasteiger partial charge in [-0.1, -0.05) is 0 Å². The second-order valence-electron chi connectivity index (χ2n) is 6.31. The van der Waals surface area contributed by atoms with Gasteiger partial charge in [0.25, 0.3) is 5.56 Å². The molecule has 0 aromatic carbocycles. The van der Waals surface area contributed by atoms with Gasteiger partial charge in [0.1, 0.15) is 6.07 Å². The highest BCUT2D eigenvalue weighted by molar-refractivity contribution is 5.56. The van der Waals surface area contributed by atoms with Crippen LogP contribution in [0.2, 0.25) is 0 Å². The minimum absolute atomic E-state index is 0.0307. The maximum atomic E-state index is 12.3. The molecule has 0 spiro atoms. The molecule has 0 aliphatic carbocycles. The summed E-state index contributed by atoms with van der Waals surface area (Å²) in [4.78, 5) is 26.9. The Morgan fingerprint density at radius 3 is 2.89 bits per heavy atom. The Morgan fingerprint density at radius 2 is 2.07 bits per heavy atom. The zero-order valence-electron chi connectivity index (χ0n) is 14.6. The van der Waals surface area contributed by atoms with Crippen molar-refractivity contribution in [3.05, 3.63) is 65.1 Å². The normalized spacial score (nSPS) is 16.3. The minimum Gasteiger partial charge on any atom is -0.349 e. The van der Waals surface area contributed by atoms with Gasteiger partial charge in [-0.25, -0.2) is 14.6 Å². The van der Waals surface area contributed by atoms with Gasteiger partial charge in [0, 0.05) is 43.0 Å². The number of nitriles is 1. The number of hydrogen-bond donors (Lipinski definition) is 0. The topological polar surface area (TPSA) is 101 Å². The molecule has 1 aliphatic rings. The van der Waals surface area contributed by atoms with Crippen LogP contribution in [0.3, 0.4) is 0 Å². The van der Waals surface area contributed by atoms with Crippen molar-refractivity contribution in [1.82, 2.24) is 24.7 Å². The molecule has 3 aromatic heterocycles. The second-order valence-corrected chi connectivity index (χ2v) is 6.31. The van der Waals surface area contributed by atoms with Crippen molar-refractivity contribution in [2.24, 2.45) is 0 Å². The Kier molecular flexibility index (Phi) is 4.58. The summed E-state index contributed by atoms with van der Waals surface area (Å²) in [5.41, 5.74) is 1.70. The average molecular weight is 359 g/mol. The van der Waals surface area contributed by atoms with E-state index in [4.69, 9.17) is 0 Å². The molecule has 3 aromatic rings. The summed E-state index contributed by atoms with van der Waals surface area (Å²) in [6.45, 7) is 1.20. The molecule has 4 heterocycles. The van der Waals surface area contributed by atoms with Gasteiger partial charge in [-0.05, 0) is 31.0 Å². The first kappa shape index (κ1) is 16.8. The molecule has 0 bridgehead atoms. The van der Waals surface area contributed by atoms with E-state index in [9.17, 15) is 10.1 Å². The van der Waals surface area contributed by atoms with Crippen LogP contribution in [0.1, 0.15) is 18.5 Å². The van der Waals surface area contributed by atoms with E-state index in [1.807, 2.05) is 12.1 Å². The lowest BCUT2D eigenvalue weighted by atomic mass is 10.2. The molecular weight excluding hydrogens is 342 g/mol. The third-order valence-corrected chi connectivity index (χ3v) is 4.64. The average Bonchev–Trinajstić information content (AvgIpc) is 3.18. The fourth-order valence-electron chi connectivity index (χ4n) is 3.37. The maximum Gasteiger partial charge on any atom is 0.266 e. The number of anilines is 1. The molecule has 1 fully saturated rings. The molecule has 0 saturated carbocycles. The molecule has 134 valence electrons. The summed E-state index contributed by atoms with van der Waals surface area (Å²) >= 11 is 0. The lowest BCUT2D eigenvalue weighted by Gasteiger charge is -2.26. The molecular formula is C19H17N7O. The van der Waals surface area contributed by atoms with E-state index in [0.29, 0.717) is 23.8 Å². The first-order chi connectivity index (χ1) is 13.3. The third kappa shape index (κ3) is 3.40. The van der Waals surface area contributed by atoms with Crippen LogP contribution in [-0.4, -0.2) is 37.3 Å². The Labute approximate surface area is 155 Å². The smallest absolute Gasteiger partial charge is 0.266 e. The molecule has 0 radical (unpaired) electrons. The zero-order valence-corrected chi connectivity index (χ0v) is 14.6. The van der Waals surface area contributed by atoms with Crippen molar-refractivity contribution in [1.29, 1.82) is 5.26 Å². The summed E-state index contributed by atoms with van der Waals surface area (Å²) in [5, 5.41) is 13.8. The highest BCUT2D eigenvalue weighted by Gasteiger charge is 2.28. The van der Waals surface area contributed by atoms with Gasteiger partial charge in [0.15, 0.2) is 11.5 Å². The highest BCUT2D eigenvalue weighted by Crippen LogP contribution is 2.26. The number of rotatable bonds is 4. The van der Waals surface area contributed by atoms with Gasteiger partial charge in [-0.15, -0.1) is 0 Å². The monoisotopic (exact) mass is 359 g/mol. The number of hydrogen-bond acceptors (Lipinski definition) is 7. The van der Waals surface area contributed by atoms with Crippen molar-refractivity contribution in [2.45, 2.75) is 25.4 Å². The Hall–Kier alpha value is -3.60. The minimum atomic E-state index is -0.158. The largest absolute Gasteiger partial charge is 0.349 e. The standard InChI is InChI=1S/C19H17N7O/c20-11-17-19(23-9-8-22-17)25-10-2-4-15(25)13-26-18(27)6-5-16(24-26)14-3-1-7-21-12-14/h1,3,5-9,12,15H,2,4,10,13H2. The Balaban J connectivity index is 1.64. The number of nitrogens with zero attached hydrogens (tertiary/aromatic N) is 7. The van der Waals surface area contributed by atoms with Gasteiger partial charge in [0.2, 0.25) is 0 Å². The van der Waals surface area contributed by atoms with Crippen molar-refractivity contribution >= 4 is 5.82 Å². The number of aromatic nitrogens is 5. The second kappa shape index (κ2) is 7.33. The molecule has 1 aliphatic heterocycles. The molecule has 0 amide bonds. The first-order valence-electron chi connectivity index (χ1n) is 8.72. The lowest BCUT2D eigenvalue weighted by molar-refractivity contribution is 0.488. The van der Waals surface area contributed by atoms with Crippen LogP contribution in [0.15, 0.2) is 53.8 Å². The lowest BCUT2D eigenvalue weighted by Crippen LogP contribution is -2.38. The quantitative estimate of drug-likeness (QED) is 0.698. The predicted octanol–water partition coefficient (Wildman–Crippen LogP) is 1.64. The van der Waals surface area contributed by atoms with Crippen molar-refractivity contribution in [3.8, 4) is 17.3 Å². The van der Waals surface area contributed by atoms with E-state index in [1.165, 1.54) is 16.9 Å². The SMILES string of the molecule is N#Cc1nccnc1N1CCCC1Cn1nc(-c2cccnc2)ccc1=O. The van der Waals surface area contributed by atoms with Gasteiger partial charge in [0.05, 0.1) is 18.3 Å². The number of pyridine rings is 1. The summed E-state index contributed by atoms with van der Waals surface area (Å²) < 4.78 is 1.48. The Bertz CT molecular complexity index is 1040. The van der Waals surface area contributed by atoms with Gasteiger partial charge in [-0.2, -0.15) is 10.4 Å². The third-order valence-electron chi connectivity index (χ3n) is 4.64. The summed E-state index contributed by atoms with van der Waals surface area (Å²) in [7, 11) is 0. The van der Waals surface area contributed by atoms with Crippen LogP contribution in [-0.2, 0) is 6.54 Å². The van der Waals surface area contributed by atoms with Crippen molar-refractivity contribution < 1.29 is 0 Å². The summed E-state index contributed by atoms with van der Waals surface area (Å²) in [5.74, 6) is 0.568. The van der Waals surface area contributed by atoms with Crippen LogP contribution in [0.25, 0.3) is 11.3 Å². The molecule has 8 heteroatoms. The zero-order chi connectivity index (χ0) is 18.6.